The van der Waals surface area contributed by atoms with Crippen molar-refractivity contribution in [3.63, 3.8) is 0 Å². The van der Waals surface area contributed by atoms with Crippen LogP contribution in [-0.2, 0) is 4.74 Å². The molecule has 2 bridgehead atoms. The molecule has 25 heavy (non-hydrogen) atoms. The predicted octanol–water partition coefficient (Wildman–Crippen LogP) is 3.25. The molecule has 5 nitrogen and oxygen atoms in total. The fourth-order valence-corrected chi connectivity index (χ4v) is 6.43. The molecule has 0 aromatic carbocycles. The van der Waals surface area contributed by atoms with Crippen LogP contribution in [0.25, 0.3) is 0 Å². The average molecular weight is 362 g/mol. The van der Waals surface area contributed by atoms with Crippen molar-refractivity contribution in [2.24, 2.45) is 11.8 Å². The number of hydrogen-bond donors (Lipinski definition) is 0. The highest BCUT2D eigenvalue weighted by Crippen LogP contribution is 2.59. The second-order valence-corrected chi connectivity index (χ2v) is 9.28. The van der Waals surface area contributed by atoms with E-state index in [1.165, 1.54) is 23.8 Å². The van der Waals surface area contributed by atoms with Crippen molar-refractivity contribution < 1.29 is 9.53 Å². The summed E-state index contributed by atoms with van der Waals surface area (Å²) in [7, 11) is 0. The lowest BCUT2D eigenvalue weighted by molar-refractivity contribution is 0.0438. The number of piperidine rings is 2. The number of likely N-dealkylation sites (tertiary alicyclic amines) is 1. The van der Waals surface area contributed by atoms with E-state index in [1.807, 2.05) is 6.92 Å². The minimum Gasteiger partial charge on any atom is -0.450 e. The monoisotopic (exact) mass is 361 g/mol. The van der Waals surface area contributed by atoms with Crippen molar-refractivity contribution in [3.8, 4) is 0 Å². The van der Waals surface area contributed by atoms with Crippen molar-refractivity contribution in [2.45, 2.75) is 63.6 Å². The van der Waals surface area contributed by atoms with Gasteiger partial charge in [-0.05, 0) is 51.4 Å². The molecule has 1 aromatic heterocycles. The summed E-state index contributed by atoms with van der Waals surface area (Å²) in [6.07, 6.45) is 4.49. The highest BCUT2D eigenvalue weighted by molar-refractivity contribution is 7.09. The Morgan fingerprint density at radius 1 is 1.24 bits per heavy atom. The number of nitrogens with zero attached hydrogens (tertiary/aromatic N) is 3. The van der Waals surface area contributed by atoms with Crippen molar-refractivity contribution in [1.29, 1.82) is 0 Å². The van der Waals surface area contributed by atoms with Gasteiger partial charge in [-0.25, -0.2) is 9.78 Å². The second kappa shape index (κ2) is 5.95. The fraction of sp³-hybridized carbons (Fsp3) is 0.789. The van der Waals surface area contributed by atoms with Crippen LogP contribution in [0.5, 0.6) is 0 Å². The number of hydrogen-bond acceptors (Lipinski definition) is 5. The number of thiazole rings is 1. The van der Waals surface area contributed by atoms with Crippen molar-refractivity contribution >= 4 is 17.4 Å². The molecule has 0 N–H and O–H groups in total. The van der Waals surface area contributed by atoms with Crippen molar-refractivity contribution in [3.05, 3.63) is 16.1 Å². The van der Waals surface area contributed by atoms with E-state index < -0.39 is 0 Å². The summed E-state index contributed by atoms with van der Waals surface area (Å²) in [5.41, 5.74) is 1.34. The normalized spacial score (nSPS) is 39.5. The van der Waals surface area contributed by atoms with Gasteiger partial charge in [0.1, 0.15) is 0 Å². The van der Waals surface area contributed by atoms with Crippen LogP contribution in [0.1, 0.15) is 49.2 Å². The molecule has 5 rings (SSSR count). The molecule has 1 aromatic rings. The molecule has 3 saturated heterocycles. The summed E-state index contributed by atoms with van der Waals surface area (Å²) in [6.45, 7) is 6.94. The Morgan fingerprint density at radius 2 is 1.92 bits per heavy atom. The van der Waals surface area contributed by atoms with Gasteiger partial charge in [-0.1, -0.05) is 0 Å². The number of aromatic nitrogens is 1. The maximum atomic E-state index is 12.2. The number of carbonyl (C=O) groups excluding carboxylic acids is 1. The van der Waals surface area contributed by atoms with Gasteiger partial charge in [-0.2, -0.15) is 0 Å². The number of ether oxygens (including phenoxy) is 1. The number of fused-ring (bicyclic) bond motifs is 3. The molecule has 4 heterocycles. The quantitative estimate of drug-likeness (QED) is 0.829. The zero-order chi connectivity index (χ0) is 17.1. The third kappa shape index (κ3) is 2.60. The maximum absolute atomic E-state index is 12.2. The van der Waals surface area contributed by atoms with E-state index in [-0.39, 0.29) is 6.09 Å². The number of carbonyl (C=O) groups is 1. The smallest absolute Gasteiger partial charge is 0.410 e. The number of rotatable bonds is 3. The first-order chi connectivity index (χ1) is 12.2. The van der Waals surface area contributed by atoms with Crippen LogP contribution in [0.2, 0.25) is 0 Å². The van der Waals surface area contributed by atoms with E-state index in [0.29, 0.717) is 24.7 Å². The Balaban J connectivity index is 1.20. The van der Waals surface area contributed by atoms with Gasteiger partial charge in [-0.3, -0.25) is 4.90 Å². The molecule has 6 heteroatoms. The molecule has 0 spiro atoms. The lowest BCUT2D eigenvalue weighted by Crippen LogP contribution is -2.52. The summed E-state index contributed by atoms with van der Waals surface area (Å²) in [4.78, 5) is 21.7. The zero-order valence-electron chi connectivity index (χ0n) is 15.1. The van der Waals surface area contributed by atoms with E-state index in [1.54, 1.807) is 11.3 Å². The van der Waals surface area contributed by atoms with Crippen LogP contribution in [0.3, 0.4) is 0 Å². The summed E-state index contributed by atoms with van der Waals surface area (Å²) < 4.78 is 5.28. The lowest BCUT2D eigenvalue weighted by atomic mass is 9.96. The van der Waals surface area contributed by atoms with Crippen LogP contribution < -0.4 is 0 Å². The first kappa shape index (κ1) is 16.1. The molecule has 0 radical (unpaired) electrons. The summed E-state index contributed by atoms with van der Waals surface area (Å²) in [5, 5.41) is 3.46. The molecule has 4 aliphatic rings. The molecule has 3 aliphatic heterocycles. The standard InChI is InChI=1S/C19H27N3O2S/c1-3-24-19(23)22-12-4-5-13(22)7-14(6-12)21-8-15-16(9-21)18(15)17-10-25-11(2)20-17/h10,12-16,18H,3-9H2,1-2H3/t12?,13?,14?,15-,16+,18-. The third-order valence-electron chi connectivity index (χ3n) is 6.90. The van der Waals surface area contributed by atoms with Gasteiger partial charge in [-0.15, -0.1) is 11.3 Å². The summed E-state index contributed by atoms with van der Waals surface area (Å²) in [5.74, 6) is 2.36. The first-order valence-electron chi connectivity index (χ1n) is 9.77. The third-order valence-corrected chi connectivity index (χ3v) is 7.70. The maximum Gasteiger partial charge on any atom is 0.410 e. The highest BCUT2D eigenvalue weighted by atomic mass is 32.1. The van der Waals surface area contributed by atoms with Crippen LogP contribution >= 0.6 is 11.3 Å². The summed E-state index contributed by atoms with van der Waals surface area (Å²) >= 11 is 1.78. The Hall–Kier alpha value is -1.14. The number of aryl methyl sites for hydroxylation is 1. The Labute approximate surface area is 153 Å². The molecule has 1 amide bonds. The number of amides is 1. The van der Waals surface area contributed by atoms with E-state index in [2.05, 4.69) is 22.1 Å². The second-order valence-electron chi connectivity index (χ2n) is 8.22. The molecule has 1 aliphatic carbocycles. The molecule has 5 atom stereocenters. The Kier molecular flexibility index (Phi) is 3.82. The molecular weight excluding hydrogens is 334 g/mol. The SMILES string of the molecule is CCOC(=O)N1C2CCC1CC(N1C[C@@H]3[C@H](C1)[C@@H]3c1csc(C)n1)C2. The van der Waals surface area contributed by atoms with Gasteiger partial charge in [0.2, 0.25) is 0 Å². The van der Waals surface area contributed by atoms with Gasteiger partial charge in [0.25, 0.3) is 0 Å². The topological polar surface area (TPSA) is 45.7 Å². The molecule has 136 valence electrons. The van der Waals surface area contributed by atoms with Crippen LogP contribution in [0.15, 0.2) is 5.38 Å². The average Bonchev–Trinajstić information content (AvgIpc) is 2.95. The molecule has 1 saturated carbocycles. The largest absolute Gasteiger partial charge is 0.450 e. The van der Waals surface area contributed by atoms with E-state index in [4.69, 9.17) is 9.72 Å². The summed E-state index contributed by atoms with van der Waals surface area (Å²) in [6, 6.07) is 1.46. The van der Waals surface area contributed by atoms with E-state index in [9.17, 15) is 4.79 Å². The molecule has 2 unspecified atom stereocenters. The van der Waals surface area contributed by atoms with Crippen molar-refractivity contribution in [2.75, 3.05) is 19.7 Å². The van der Waals surface area contributed by atoms with E-state index in [0.717, 1.165) is 43.4 Å². The van der Waals surface area contributed by atoms with Gasteiger partial charge in [0.15, 0.2) is 0 Å². The Morgan fingerprint density at radius 3 is 2.48 bits per heavy atom. The molecular formula is C19H27N3O2S. The van der Waals surface area contributed by atoms with Gasteiger partial charge in [0, 0.05) is 42.5 Å². The first-order valence-corrected chi connectivity index (χ1v) is 10.6. The lowest BCUT2D eigenvalue weighted by Gasteiger charge is -2.42. The predicted molar refractivity (Wildman–Crippen MR) is 96.8 cm³/mol. The highest BCUT2D eigenvalue weighted by Gasteiger charge is 2.59. The fourth-order valence-electron chi connectivity index (χ4n) is 5.77. The zero-order valence-corrected chi connectivity index (χ0v) is 15.9. The Bertz CT molecular complexity index is 651. The van der Waals surface area contributed by atoms with Crippen LogP contribution in [0, 0.1) is 18.8 Å². The molecule has 4 fully saturated rings. The van der Waals surface area contributed by atoms with E-state index >= 15 is 0 Å². The van der Waals surface area contributed by atoms with Gasteiger partial charge in [0.05, 0.1) is 17.3 Å². The van der Waals surface area contributed by atoms with Crippen molar-refractivity contribution in [1.82, 2.24) is 14.8 Å². The van der Waals surface area contributed by atoms with Crippen LogP contribution in [-0.4, -0.2) is 58.7 Å². The van der Waals surface area contributed by atoms with Gasteiger partial charge < -0.3 is 9.64 Å². The minimum atomic E-state index is -0.0864. The minimum absolute atomic E-state index is 0.0864. The van der Waals surface area contributed by atoms with Crippen LogP contribution in [0.4, 0.5) is 4.79 Å². The van der Waals surface area contributed by atoms with Gasteiger partial charge >= 0.3 is 6.09 Å².